The number of fused-ring (bicyclic) bond motifs is 1. The van der Waals surface area contributed by atoms with Crippen LogP contribution in [0.3, 0.4) is 0 Å². The Kier molecular flexibility index (Phi) is 7.77. The van der Waals surface area contributed by atoms with E-state index in [1.54, 1.807) is 0 Å². The van der Waals surface area contributed by atoms with Gasteiger partial charge in [0.25, 0.3) is 0 Å². The number of hydrogen-bond acceptors (Lipinski definition) is 3. The zero-order valence-electron chi connectivity index (χ0n) is 17.6. The first kappa shape index (κ1) is 21.2. The Labute approximate surface area is 172 Å². The van der Waals surface area contributed by atoms with E-state index in [0.29, 0.717) is 17.3 Å². The second kappa shape index (κ2) is 10.3. The predicted octanol–water partition coefficient (Wildman–Crippen LogP) is 3.07. The SMILES string of the molecule is CCNC(=NCC(C)N1CCc2ccccc21)NC1CCCC(S(=O)CC)C1. The van der Waals surface area contributed by atoms with Gasteiger partial charge in [0.15, 0.2) is 5.96 Å². The zero-order valence-corrected chi connectivity index (χ0v) is 18.4. The molecule has 1 aromatic rings. The maximum absolute atomic E-state index is 12.2. The monoisotopic (exact) mass is 404 g/mol. The summed E-state index contributed by atoms with van der Waals surface area (Å²) in [6, 6.07) is 9.44. The number of nitrogens with one attached hydrogen (secondary N) is 2. The lowest BCUT2D eigenvalue weighted by molar-refractivity contribution is 0.413. The van der Waals surface area contributed by atoms with Gasteiger partial charge in [-0.05, 0) is 51.2 Å². The topological polar surface area (TPSA) is 56.7 Å². The van der Waals surface area contributed by atoms with Crippen LogP contribution in [0.2, 0.25) is 0 Å². The van der Waals surface area contributed by atoms with Crippen LogP contribution in [-0.4, -0.2) is 52.9 Å². The Morgan fingerprint density at radius 3 is 2.93 bits per heavy atom. The summed E-state index contributed by atoms with van der Waals surface area (Å²) in [5.74, 6) is 1.66. The molecule has 0 radical (unpaired) electrons. The van der Waals surface area contributed by atoms with Crippen LogP contribution in [-0.2, 0) is 17.2 Å². The lowest BCUT2D eigenvalue weighted by atomic mass is 9.95. The van der Waals surface area contributed by atoms with Gasteiger partial charge in [-0.3, -0.25) is 9.20 Å². The standard InChI is InChI=1S/C22H36N4OS/c1-4-23-22(25-19-10-8-11-20(15-19)28(27)5-2)24-16-17(3)26-14-13-18-9-6-7-12-21(18)26/h6-7,9,12,17,19-20H,4-5,8,10-11,13-16H2,1-3H3,(H2,23,24,25). The number of nitrogens with zero attached hydrogens (tertiary/aromatic N) is 2. The molecule has 1 fully saturated rings. The van der Waals surface area contributed by atoms with Gasteiger partial charge in [-0.1, -0.05) is 31.5 Å². The third-order valence-corrected chi connectivity index (χ3v) is 7.68. The number of anilines is 1. The third kappa shape index (κ3) is 5.28. The smallest absolute Gasteiger partial charge is 0.191 e. The average Bonchev–Trinajstić information content (AvgIpc) is 3.16. The molecule has 2 N–H and O–H groups in total. The summed E-state index contributed by atoms with van der Waals surface area (Å²) >= 11 is 0. The second-order valence-corrected chi connectivity index (χ2v) is 9.95. The average molecular weight is 405 g/mol. The van der Waals surface area contributed by atoms with Gasteiger partial charge in [-0.2, -0.15) is 0 Å². The second-order valence-electron chi connectivity index (χ2n) is 7.94. The molecule has 4 unspecified atom stereocenters. The van der Waals surface area contributed by atoms with Gasteiger partial charge in [0.05, 0.1) is 6.54 Å². The van der Waals surface area contributed by atoms with Gasteiger partial charge >= 0.3 is 0 Å². The molecule has 4 atom stereocenters. The fraction of sp³-hybridized carbons (Fsp3) is 0.682. The van der Waals surface area contributed by atoms with Crippen molar-refractivity contribution in [3.8, 4) is 0 Å². The van der Waals surface area contributed by atoms with Crippen LogP contribution in [0.1, 0.15) is 52.0 Å². The molecule has 1 saturated carbocycles. The predicted molar refractivity (Wildman–Crippen MR) is 121 cm³/mol. The van der Waals surface area contributed by atoms with Gasteiger partial charge in [-0.25, -0.2) is 0 Å². The highest BCUT2D eigenvalue weighted by atomic mass is 32.2. The minimum Gasteiger partial charge on any atom is -0.366 e. The fourth-order valence-electron chi connectivity index (χ4n) is 4.41. The quantitative estimate of drug-likeness (QED) is 0.542. The molecule has 28 heavy (non-hydrogen) atoms. The molecule has 3 rings (SSSR count). The number of hydrogen-bond donors (Lipinski definition) is 2. The van der Waals surface area contributed by atoms with E-state index < -0.39 is 10.8 Å². The minimum atomic E-state index is -0.694. The minimum absolute atomic E-state index is 0.333. The third-order valence-electron chi connectivity index (χ3n) is 5.94. The summed E-state index contributed by atoms with van der Waals surface area (Å²) in [6.07, 6.45) is 5.49. The Morgan fingerprint density at radius 1 is 1.32 bits per heavy atom. The van der Waals surface area contributed by atoms with E-state index in [2.05, 4.69) is 53.6 Å². The molecule has 0 spiro atoms. The summed E-state index contributed by atoms with van der Waals surface area (Å²) in [5, 5.41) is 7.35. The summed E-state index contributed by atoms with van der Waals surface area (Å²) in [6.45, 7) is 9.08. The molecule has 0 aromatic heterocycles. The Balaban J connectivity index is 1.59. The molecule has 6 heteroatoms. The Morgan fingerprint density at radius 2 is 2.14 bits per heavy atom. The van der Waals surface area contributed by atoms with E-state index >= 15 is 0 Å². The van der Waals surface area contributed by atoms with E-state index in [9.17, 15) is 4.21 Å². The van der Waals surface area contributed by atoms with Crippen LogP contribution in [0.15, 0.2) is 29.3 Å². The largest absolute Gasteiger partial charge is 0.366 e. The maximum atomic E-state index is 12.2. The molecule has 5 nitrogen and oxygen atoms in total. The number of aliphatic imine (C=N–C) groups is 1. The molecule has 0 saturated heterocycles. The number of para-hydroxylation sites is 1. The molecular weight excluding hydrogens is 368 g/mol. The van der Waals surface area contributed by atoms with E-state index in [-0.39, 0.29) is 0 Å². The van der Waals surface area contributed by atoms with Crippen molar-refractivity contribution in [3.63, 3.8) is 0 Å². The summed E-state index contributed by atoms with van der Waals surface area (Å²) in [4.78, 5) is 7.37. The van der Waals surface area contributed by atoms with Crippen molar-refractivity contribution in [1.29, 1.82) is 0 Å². The van der Waals surface area contributed by atoms with Crippen LogP contribution in [0, 0.1) is 0 Å². The van der Waals surface area contributed by atoms with Gasteiger partial charge in [0.1, 0.15) is 0 Å². The normalized spacial score (nSPS) is 24.5. The van der Waals surface area contributed by atoms with Crippen molar-refractivity contribution in [2.45, 2.75) is 70.2 Å². The van der Waals surface area contributed by atoms with Crippen LogP contribution in [0.25, 0.3) is 0 Å². The van der Waals surface area contributed by atoms with Crippen LogP contribution >= 0.6 is 0 Å². The molecule has 1 heterocycles. The van der Waals surface area contributed by atoms with Gasteiger partial charge in [-0.15, -0.1) is 0 Å². The molecule has 156 valence electrons. The Hall–Kier alpha value is -1.56. The van der Waals surface area contributed by atoms with Crippen molar-refractivity contribution in [2.24, 2.45) is 4.99 Å². The van der Waals surface area contributed by atoms with E-state index in [0.717, 1.165) is 63.5 Å². The first-order valence-corrected chi connectivity index (χ1v) is 12.3. The molecule has 1 aliphatic heterocycles. The molecular formula is C22H36N4OS. The molecule has 2 aliphatic rings. The van der Waals surface area contributed by atoms with Crippen LogP contribution < -0.4 is 15.5 Å². The van der Waals surface area contributed by atoms with Gasteiger partial charge in [0, 0.05) is 52.7 Å². The fourth-order valence-corrected chi connectivity index (χ4v) is 5.76. The Bertz CT molecular complexity index is 693. The van der Waals surface area contributed by atoms with E-state index in [1.165, 1.54) is 11.3 Å². The first-order chi connectivity index (χ1) is 13.6. The summed E-state index contributed by atoms with van der Waals surface area (Å²) in [5.41, 5.74) is 2.81. The summed E-state index contributed by atoms with van der Waals surface area (Å²) < 4.78 is 12.2. The molecule has 1 aromatic carbocycles. The maximum Gasteiger partial charge on any atom is 0.191 e. The number of rotatable bonds is 7. The lowest BCUT2D eigenvalue weighted by Gasteiger charge is -2.30. The van der Waals surface area contributed by atoms with Crippen molar-refractivity contribution >= 4 is 22.4 Å². The molecule has 0 amide bonds. The lowest BCUT2D eigenvalue weighted by Crippen LogP contribution is -2.47. The van der Waals surface area contributed by atoms with Crippen LogP contribution in [0.5, 0.6) is 0 Å². The number of guanidine groups is 1. The van der Waals surface area contributed by atoms with Crippen LogP contribution in [0.4, 0.5) is 5.69 Å². The highest BCUT2D eigenvalue weighted by molar-refractivity contribution is 7.85. The summed E-state index contributed by atoms with van der Waals surface area (Å²) in [7, 11) is -0.694. The zero-order chi connectivity index (χ0) is 19.9. The van der Waals surface area contributed by atoms with Crippen molar-refractivity contribution in [1.82, 2.24) is 10.6 Å². The number of benzene rings is 1. The highest BCUT2D eigenvalue weighted by Crippen LogP contribution is 2.29. The molecule has 0 bridgehead atoms. The van der Waals surface area contributed by atoms with Crippen molar-refractivity contribution < 1.29 is 4.21 Å². The van der Waals surface area contributed by atoms with E-state index in [1.807, 2.05) is 6.92 Å². The van der Waals surface area contributed by atoms with E-state index in [4.69, 9.17) is 4.99 Å². The van der Waals surface area contributed by atoms with Crippen molar-refractivity contribution in [2.75, 3.05) is 30.3 Å². The van der Waals surface area contributed by atoms with Crippen molar-refractivity contribution in [3.05, 3.63) is 29.8 Å². The van der Waals surface area contributed by atoms with Gasteiger partial charge < -0.3 is 15.5 Å². The van der Waals surface area contributed by atoms with Gasteiger partial charge in [0.2, 0.25) is 0 Å². The highest BCUT2D eigenvalue weighted by Gasteiger charge is 2.26. The molecule has 1 aliphatic carbocycles. The first-order valence-electron chi connectivity index (χ1n) is 10.9.